The number of esters is 2. The van der Waals surface area contributed by atoms with Gasteiger partial charge in [0.1, 0.15) is 24.8 Å². The Morgan fingerprint density at radius 2 is 1.07 bits per heavy atom. The van der Waals surface area contributed by atoms with Crippen LogP contribution in [-0.2, 0) is 42.9 Å². The molecule has 2 aliphatic rings. The molecule has 232 valence electrons. The van der Waals surface area contributed by atoms with Crippen molar-refractivity contribution in [1.82, 2.24) is 0 Å². The van der Waals surface area contributed by atoms with E-state index < -0.39 is 0 Å². The van der Waals surface area contributed by atoms with Crippen LogP contribution in [0.3, 0.4) is 0 Å². The van der Waals surface area contributed by atoms with Crippen molar-refractivity contribution >= 4 is 23.5 Å². The lowest BCUT2D eigenvalue weighted by Gasteiger charge is -2.16. The van der Waals surface area contributed by atoms with Crippen molar-refractivity contribution in [2.75, 3.05) is 52.9 Å². The van der Waals surface area contributed by atoms with E-state index in [1.54, 1.807) is 0 Å². The summed E-state index contributed by atoms with van der Waals surface area (Å²) in [5, 5.41) is 0. The van der Waals surface area contributed by atoms with Gasteiger partial charge >= 0.3 is 11.9 Å². The Kier molecular flexibility index (Phi) is 18.1. The Labute approximate surface area is 245 Å². The highest BCUT2D eigenvalue weighted by Gasteiger charge is 2.36. The lowest BCUT2D eigenvalue weighted by Crippen LogP contribution is -2.21. The van der Waals surface area contributed by atoms with Gasteiger partial charge in [0, 0.05) is 31.1 Å². The van der Waals surface area contributed by atoms with Gasteiger partial charge in [0.15, 0.2) is 0 Å². The summed E-state index contributed by atoms with van der Waals surface area (Å²) in [6, 6.07) is 0. The minimum absolute atomic E-state index is 0.0634. The SMILES string of the molecule is CC/C=C/CC1CCC(=O)C1CC(=O)OCCOCCOCCOCCOC(=O)CC1CCC(=O)C1C/C=C/CC. The predicted octanol–water partition coefficient (Wildman–Crippen LogP) is 4.81. The van der Waals surface area contributed by atoms with Gasteiger partial charge in [-0.15, -0.1) is 0 Å². The van der Waals surface area contributed by atoms with Crippen molar-refractivity contribution in [1.29, 1.82) is 0 Å². The zero-order chi connectivity index (χ0) is 29.7. The van der Waals surface area contributed by atoms with Crippen LogP contribution in [0.15, 0.2) is 24.3 Å². The van der Waals surface area contributed by atoms with Gasteiger partial charge in [-0.3, -0.25) is 19.2 Å². The summed E-state index contributed by atoms with van der Waals surface area (Å²) in [7, 11) is 0. The van der Waals surface area contributed by atoms with Crippen LogP contribution in [0, 0.1) is 23.7 Å². The molecule has 4 unspecified atom stereocenters. The number of carbonyl (C=O) groups excluding carboxylic acids is 4. The van der Waals surface area contributed by atoms with E-state index in [1.165, 1.54) is 0 Å². The Bertz CT molecular complexity index is 850. The molecular formula is C32H50O9. The molecular weight excluding hydrogens is 528 g/mol. The molecule has 0 aromatic rings. The zero-order valence-electron chi connectivity index (χ0n) is 25.0. The molecule has 2 saturated carbocycles. The summed E-state index contributed by atoms with van der Waals surface area (Å²) < 4.78 is 26.8. The fourth-order valence-electron chi connectivity index (χ4n) is 5.41. The Morgan fingerprint density at radius 3 is 1.63 bits per heavy atom. The van der Waals surface area contributed by atoms with Crippen LogP contribution in [0.2, 0.25) is 0 Å². The molecule has 0 radical (unpaired) electrons. The molecule has 0 heterocycles. The normalized spacial score (nSPS) is 22.8. The molecule has 0 bridgehead atoms. The van der Waals surface area contributed by atoms with Crippen LogP contribution in [-0.4, -0.2) is 76.4 Å². The number of allylic oxidation sites excluding steroid dienone is 4. The number of rotatable bonds is 22. The smallest absolute Gasteiger partial charge is 0.306 e. The average molecular weight is 579 g/mol. The average Bonchev–Trinajstić information content (AvgIpc) is 3.48. The molecule has 0 aromatic carbocycles. The van der Waals surface area contributed by atoms with Gasteiger partial charge in [-0.25, -0.2) is 0 Å². The summed E-state index contributed by atoms with van der Waals surface area (Å²) in [4.78, 5) is 48.6. The first kappa shape index (κ1) is 34.8. The predicted molar refractivity (Wildman–Crippen MR) is 154 cm³/mol. The van der Waals surface area contributed by atoms with Gasteiger partial charge in [-0.05, 0) is 50.4 Å². The molecule has 0 spiro atoms. The second-order valence-corrected chi connectivity index (χ2v) is 10.7. The highest BCUT2D eigenvalue weighted by atomic mass is 16.6. The topological polar surface area (TPSA) is 114 Å². The number of hydrogen-bond donors (Lipinski definition) is 0. The first-order valence-electron chi connectivity index (χ1n) is 15.4. The van der Waals surface area contributed by atoms with E-state index in [0.29, 0.717) is 45.7 Å². The Balaban J connectivity index is 1.40. The number of ether oxygens (including phenoxy) is 5. The molecule has 2 aliphatic carbocycles. The first-order chi connectivity index (χ1) is 20.0. The maximum atomic E-state index is 12.2. The van der Waals surface area contributed by atoms with Crippen molar-refractivity contribution in [3.05, 3.63) is 24.3 Å². The number of hydrogen-bond acceptors (Lipinski definition) is 9. The van der Waals surface area contributed by atoms with Crippen molar-refractivity contribution < 1.29 is 42.9 Å². The third-order valence-electron chi connectivity index (χ3n) is 7.66. The van der Waals surface area contributed by atoms with E-state index in [-0.39, 0.29) is 86.4 Å². The lowest BCUT2D eigenvalue weighted by molar-refractivity contribution is -0.148. The molecule has 4 atom stereocenters. The van der Waals surface area contributed by atoms with Crippen LogP contribution in [0.4, 0.5) is 0 Å². The fraction of sp³-hybridized carbons (Fsp3) is 0.750. The van der Waals surface area contributed by atoms with Crippen LogP contribution < -0.4 is 0 Å². The molecule has 0 saturated heterocycles. The van der Waals surface area contributed by atoms with Crippen LogP contribution in [0.1, 0.15) is 78.1 Å². The van der Waals surface area contributed by atoms with E-state index in [0.717, 1.165) is 32.1 Å². The maximum Gasteiger partial charge on any atom is 0.306 e. The van der Waals surface area contributed by atoms with Crippen LogP contribution >= 0.6 is 0 Å². The van der Waals surface area contributed by atoms with E-state index in [1.807, 2.05) is 6.08 Å². The molecule has 0 aliphatic heterocycles. The van der Waals surface area contributed by atoms with Crippen molar-refractivity contribution in [2.24, 2.45) is 23.7 Å². The highest BCUT2D eigenvalue weighted by Crippen LogP contribution is 2.35. The molecule has 0 aromatic heterocycles. The van der Waals surface area contributed by atoms with Crippen LogP contribution in [0.25, 0.3) is 0 Å². The number of carbonyl (C=O) groups is 4. The largest absolute Gasteiger partial charge is 0.463 e. The molecule has 41 heavy (non-hydrogen) atoms. The molecule has 0 amide bonds. The highest BCUT2D eigenvalue weighted by molar-refractivity contribution is 5.87. The number of ketones is 2. The van der Waals surface area contributed by atoms with E-state index in [9.17, 15) is 19.2 Å². The summed E-state index contributed by atoms with van der Waals surface area (Å²) >= 11 is 0. The standard InChI is InChI=1S/C32H50O9/c1-3-5-7-9-25-11-13-30(34)28(25)24-32(36)41-22-20-39-18-16-37-15-17-38-19-21-40-31(35)23-26-12-14-29(33)27(26)10-8-6-4-2/h5-8,25-28H,3-4,9-24H2,1-2H3/b7-5+,8-6+. The Morgan fingerprint density at radius 1 is 0.610 bits per heavy atom. The van der Waals surface area contributed by atoms with Gasteiger partial charge in [0.25, 0.3) is 0 Å². The molecule has 2 fully saturated rings. The number of Topliss-reactive ketones (excluding diaryl/α,β-unsaturated/α-hetero) is 2. The van der Waals surface area contributed by atoms with Crippen molar-refractivity contribution in [2.45, 2.75) is 78.1 Å². The van der Waals surface area contributed by atoms with Gasteiger partial charge < -0.3 is 23.7 Å². The van der Waals surface area contributed by atoms with Gasteiger partial charge in [0.2, 0.25) is 0 Å². The van der Waals surface area contributed by atoms with E-state index >= 15 is 0 Å². The Hall–Kier alpha value is -2.36. The maximum absolute atomic E-state index is 12.2. The van der Waals surface area contributed by atoms with Gasteiger partial charge in [-0.1, -0.05) is 38.2 Å². The molecule has 2 rings (SSSR count). The lowest BCUT2D eigenvalue weighted by atomic mass is 9.89. The van der Waals surface area contributed by atoms with E-state index in [4.69, 9.17) is 23.7 Å². The third kappa shape index (κ3) is 14.4. The quantitative estimate of drug-likeness (QED) is 0.101. The monoisotopic (exact) mass is 578 g/mol. The van der Waals surface area contributed by atoms with E-state index in [2.05, 4.69) is 32.1 Å². The van der Waals surface area contributed by atoms with Crippen molar-refractivity contribution in [3.63, 3.8) is 0 Å². The second kappa shape index (κ2) is 21.4. The molecule has 9 nitrogen and oxygen atoms in total. The summed E-state index contributed by atoms with van der Waals surface area (Å²) in [6.45, 7) is 6.49. The molecule has 0 N–H and O–H groups in total. The third-order valence-corrected chi connectivity index (χ3v) is 7.66. The summed E-state index contributed by atoms with van der Waals surface area (Å²) in [5.74, 6) is -0.238. The summed E-state index contributed by atoms with van der Waals surface area (Å²) in [5.41, 5.74) is 0. The first-order valence-corrected chi connectivity index (χ1v) is 15.4. The minimum Gasteiger partial charge on any atom is -0.463 e. The summed E-state index contributed by atoms with van der Waals surface area (Å²) in [6.07, 6.45) is 14.8. The molecule has 9 heteroatoms. The van der Waals surface area contributed by atoms with Crippen LogP contribution in [0.5, 0.6) is 0 Å². The van der Waals surface area contributed by atoms with Gasteiger partial charge in [-0.2, -0.15) is 0 Å². The van der Waals surface area contributed by atoms with Gasteiger partial charge in [0.05, 0.1) is 46.1 Å². The zero-order valence-corrected chi connectivity index (χ0v) is 25.0. The van der Waals surface area contributed by atoms with Crippen molar-refractivity contribution in [3.8, 4) is 0 Å². The minimum atomic E-state index is -0.352. The second-order valence-electron chi connectivity index (χ2n) is 10.7. The fourth-order valence-corrected chi connectivity index (χ4v) is 5.41.